The van der Waals surface area contributed by atoms with E-state index < -0.39 is 0 Å². The van der Waals surface area contributed by atoms with Gasteiger partial charge in [-0.05, 0) is 10.4 Å². The Labute approximate surface area is 78.7 Å². The Balaban J connectivity index is 1.93. The van der Waals surface area contributed by atoms with E-state index in [9.17, 15) is 0 Å². The number of rotatable bonds is 2. The smallest absolute Gasteiger partial charge is 0.175 e. The molecule has 1 aliphatic heterocycles. The second kappa shape index (κ2) is 2.81. The zero-order valence-corrected chi connectivity index (χ0v) is 7.11. The molecular weight excluding hydrogens is 184 g/mol. The first kappa shape index (κ1) is 7.51. The summed E-state index contributed by atoms with van der Waals surface area (Å²) in [6.45, 7) is 0.735. The Morgan fingerprint density at radius 3 is 2.86 bits per heavy atom. The van der Waals surface area contributed by atoms with Crippen molar-refractivity contribution in [3.8, 4) is 5.82 Å². The maximum atomic E-state index is 5.08. The summed E-state index contributed by atoms with van der Waals surface area (Å²) in [4.78, 5) is 8.35. The van der Waals surface area contributed by atoms with Crippen LogP contribution in [0, 0.1) is 0 Å². The van der Waals surface area contributed by atoms with Crippen LogP contribution in [-0.2, 0) is 4.74 Å². The summed E-state index contributed by atoms with van der Waals surface area (Å²) in [5.74, 6) is 0.597. The normalized spacial score (nSPS) is 19.6. The van der Waals surface area contributed by atoms with E-state index in [0.29, 0.717) is 5.82 Å². The molecule has 0 aliphatic carbocycles. The fourth-order valence-electron chi connectivity index (χ4n) is 1.10. The number of nitrogens with zero attached hydrogens (tertiary/aromatic N) is 6. The van der Waals surface area contributed by atoms with Crippen molar-refractivity contribution < 1.29 is 4.74 Å². The number of hydrogen-bond donors (Lipinski definition) is 0. The third kappa shape index (κ3) is 1.23. The molecule has 0 spiro atoms. The summed E-state index contributed by atoms with van der Waals surface area (Å²) in [5.41, 5.74) is 0.849. The van der Waals surface area contributed by atoms with Crippen LogP contribution >= 0.6 is 0 Å². The predicted octanol–water partition coefficient (Wildman–Crippen LogP) is -0.476. The molecule has 0 saturated carbocycles. The maximum absolute atomic E-state index is 5.08. The fraction of sp³-hybridized carbons (Fsp3) is 0.286. The van der Waals surface area contributed by atoms with E-state index in [-0.39, 0.29) is 6.10 Å². The molecule has 1 atom stereocenters. The summed E-state index contributed by atoms with van der Waals surface area (Å²) < 4.78 is 6.52. The van der Waals surface area contributed by atoms with Crippen molar-refractivity contribution >= 4 is 0 Å². The third-order valence-electron chi connectivity index (χ3n) is 1.91. The van der Waals surface area contributed by atoms with Crippen molar-refractivity contribution in [1.29, 1.82) is 0 Å². The van der Waals surface area contributed by atoms with Crippen molar-refractivity contribution in [2.24, 2.45) is 0 Å². The van der Waals surface area contributed by atoms with Gasteiger partial charge in [-0.15, -0.1) is 5.10 Å². The lowest BCUT2D eigenvalue weighted by Gasteiger charge is -1.97. The quantitative estimate of drug-likeness (QED) is 0.595. The van der Waals surface area contributed by atoms with Gasteiger partial charge in [-0.1, -0.05) is 0 Å². The Bertz CT molecular complexity index is 420. The van der Waals surface area contributed by atoms with Crippen LogP contribution in [0.3, 0.4) is 0 Å². The number of aromatic nitrogens is 6. The molecule has 3 heterocycles. The van der Waals surface area contributed by atoms with Crippen molar-refractivity contribution in [2.75, 3.05) is 6.61 Å². The largest absolute Gasteiger partial charge is 0.366 e. The monoisotopic (exact) mass is 190 g/mol. The van der Waals surface area contributed by atoms with Crippen molar-refractivity contribution in [2.45, 2.75) is 6.10 Å². The molecule has 7 nitrogen and oxygen atoms in total. The predicted molar refractivity (Wildman–Crippen MR) is 43.4 cm³/mol. The summed E-state index contributed by atoms with van der Waals surface area (Å²) in [6, 6.07) is 0. The highest BCUT2D eigenvalue weighted by Gasteiger charge is 2.26. The number of tetrazole rings is 1. The molecule has 2 aromatic heterocycles. The molecule has 1 fully saturated rings. The number of ether oxygens (including phenoxy) is 1. The minimum atomic E-state index is 0.130. The highest BCUT2D eigenvalue weighted by Crippen LogP contribution is 2.27. The minimum Gasteiger partial charge on any atom is -0.366 e. The van der Waals surface area contributed by atoms with Crippen LogP contribution in [0.25, 0.3) is 5.82 Å². The van der Waals surface area contributed by atoms with Gasteiger partial charge in [0.05, 0.1) is 24.7 Å². The summed E-state index contributed by atoms with van der Waals surface area (Å²) in [5, 5.41) is 10.7. The molecule has 14 heavy (non-hydrogen) atoms. The minimum absolute atomic E-state index is 0.130. The second-order valence-corrected chi connectivity index (χ2v) is 2.88. The van der Waals surface area contributed by atoms with Gasteiger partial charge in [0, 0.05) is 0 Å². The van der Waals surface area contributed by atoms with Crippen molar-refractivity contribution in [3.05, 3.63) is 24.4 Å². The van der Waals surface area contributed by atoms with Crippen LogP contribution in [-0.4, -0.2) is 36.8 Å². The fourth-order valence-corrected chi connectivity index (χ4v) is 1.10. The molecule has 1 saturated heterocycles. The number of epoxide rings is 1. The van der Waals surface area contributed by atoms with E-state index in [0.717, 1.165) is 12.3 Å². The molecule has 1 aliphatic rings. The van der Waals surface area contributed by atoms with E-state index >= 15 is 0 Å². The van der Waals surface area contributed by atoms with Gasteiger partial charge >= 0.3 is 0 Å². The Kier molecular flexibility index (Phi) is 1.51. The van der Waals surface area contributed by atoms with E-state index in [1.807, 2.05) is 0 Å². The summed E-state index contributed by atoms with van der Waals surface area (Å²) >= 11 is 0. The Morgan fingerprint density at radius 2 is 2.29 bits per heavy atom. The molecule has 0 bridgehead atoms. The molecule has 70 valence electrons. The molecule has 7 heteroatoms. The van der Waals surface area contributed by atoms with Crippen LogP contribution in [0.2, 0.25) is 0 Å². The van der Waals surface area contributed by atoms with Gasteiger partial charge < -0.3 is 4.74 Å². The average molecular weight is 190 g/mol. The molecular formula is C7H6N6O. The van der Waals surface area contributed by atoms with E-state index in [4.69, 9.17) is 4.74 Å². The first-order chi connectivity index (χ1) is 6.93. The molecule has 0 aromatic carbocycles. The van der Waals surface area contributed by atoms with Crippen LogP contribution in [0.1, 0.15) is 11.8 Å². The molecule has 1 unspecified atom stereocenters. The average Bonchev–Trinajstić information content (AvgIpc) is 2.94. The molecule has 0 amide bonds. The standard InChI is InChI=1S/C7H6N6O/c1-5(6-3-14-6)8-2-7(9-1)13-4-10-11-12-13/h1-2,4,6H,3H2. The van der Waals surface area contributed by atoms with Crippen molar-refractivity contribution in [1.82, 2.24) is 30.2 Å². The topological polar surface area (TPSA) is 81.9 Å². The van der Waals surface area contributed by atoms with Gasteiger partial charge in [0.25, 0.3) is 0 Å². The first-order valence-corrected chi connectivity index (χ1v) is 4.10. The Hall–Kier alpha value is -1.89. The zero-order valence-electron chi connectivity index (χ0n) is 7.11. The SMILES string of the molecule is c1nc(-n2cnnn2)cnc1C1CO1. The van der Waals surface area contributed by atoms with Crippen LogP contribution < -0.4 is 0 Å². The lowest BCUT2D eigenvalue weighted by atomic mass is 10.3. The maximum Gasteiger partial charge on any atom is 0.175 e. The van der Waals surface area contributed by atoms with Gasteiger partial charge in [0.15, 0.2) is 5.82 Å². The van der Waals surface area contributed by atoms with Crippen LogP contribution in [0.15, 0.2) is 18.7 Å². The van der Waals surface area contributed by atoms with E-state index in [1.54, 1.807) is 12.4 Å². The van der Waals surface area contributed by atoms with E-state index in [2.05, 4.69) is 25.5 Å². The van der Waals surface area contributed by atoms with Gasteiger partial charge in [-0.25, -0.2) is 4.98 Å². The van der Waals surface area contributed by atoms with Crippen molar-refractivity contribution in [3.63, 3.8) is 0 Å². The molecule has 0 radical (unpaired) electrons. The Morgan fingerprint density at radius 1 is 1.36 bits per heavy atom. The van der Waals surface area contributed by atoms with E-state index in [1.165, 1.54) is 11.0 Å². The molecule has 0 N–H and O–H groups in total. The summed E-state index contributed by atoms with van der Waals surface area (Å²) in [6.07, 6.45) is 4.89. The zero-order chi connectivity index (χ0) is 9.38. The van der Waals surface area contributed by atoms with Gasteiger partial charge in [-0.2, -0.15) is 4.68 Å². The molecule has 2 aromatic rings. The highest BCUT2D eigenvalue weighted by atomic mass is 16.6. The van der Waals surface area contributed by atoms with Crippen LogP contribution in [0.4, 0.5) is 0 Å². The molecule has 3 rings (SSSR count). The first-order valence-electron chi connectivity index (χ1n) is 4.10. The lowest BCUT2D eigenvalue weighted by molar-refractivity contribution is 0.410. The third-order valence-corrected chi connectivity index (χ3v) is 1.91. The lowest BCUT2D eigenvalue weighted by Crippen LogP contribution is -2.00. The second-order valence-electron chi connectivity index (χ2n) is 2.88. The number of hydrogen-bond acceptors (Lipinski definition) is 6. The summed E-state index contributed by atoms with van der Waals surface area (Å²) in [7, 11) is 0. The highest BCUT2D eigenvalue weighted by molar-refractivity contribution is 5.17. The van der Waals surface area contributed by atoms with Gasteiger partial charge in [0.1, 0.15) is 12.4 Å². The van der Waals surface area contributed by atoms with Crippen LogP contribution in [0.5, 0.6) is 0 Å². The van der Waals surface area contributed by atoms with Gasteiger partial charge in [-0.3, -0.25) is 4.98 Å². The van der Waals surface area contributed by atoms with Gasteiger partial charge in [0.2, 0.25) is 0 Å².